The lowest BCUT2D eigenvalue weighted by Gasteiger charge is -2.21. The molecule has 1 aliphatic rings. The number of ketones is 1. The highest BCUT2D eigenvalue weighted by molar-refractivity contribution is 5.84. The van der Waals surface area contributed by atoms with Gasteiger partial charge in [-0.15, -0.1) is 0 Å². The lowest BCUT2D eigenvalue weighted by molar-refractivity contribution is -0.127. The van der Waals surface area contributed by atoms with Crippen LogP contribution >= 0.6 is 0 Å². The molecule has 86 valence electrons. The Morgan fingerprint density at radius 1 is 1.19 bits per heavy atom. The minimum Gasteiger partial charge on any atom is -0.483 e. The highest BCUT2D eigenvalue weighted by atomic mass is 19.2. The van der Waals surface area contributed by atoms with Crippen molar-refractivity contribution in [2.75, 3.05) is 0 Å². The van der Waals surface area contributed by atoms with E-state index >= 15 is 0 Å². The van der Waals surface area contributed by atoms with Crippen molar-refractivity contribution < 1.29 is 18.3 Å². The summed E-state index contributed by atoms with van der Waals surface area (Å²) in [5.41, 5.74) is 0. The first kappa shape index (κ1) is 11.0. The molecule has 4 heteroatoms. The van der Waals surface area contributed by atoms with E-state index in [-0.39, 0.29) is 11.5 Å². The summed E-state index contributed by atoms with van der Waals surface area (Å²) in [6, 6.07) is 3.30. The third kappa shape index (κ3) is 2.38. The van der Waals surface area contributed by atoms with Crippen LogP contribution in [0.3, 0.4) is 0 Å². The van der Waals surface area contributed by atoms with E-state index in [9.17, 15) is 13.6 Å². The van der Waals surface area contributed by atoms with Gasteiger partial charge in [0.25, 0.3) is 0 Å². The Balaban J connectivity index is 2.08. The summed E-state index contributed by atoms with van der Waals surface area (Å²) in [5.74, 6) is -1.63. The summed E-state index contributed by atoms with van der Waals surface area (Å²) >= 11 is 0. The van der Waals surface area contributed by atoms with Crippen LogP contribution in [0.2, 0.25) is 0 Å². The zero-order chi connectivity index (χ0) is 11.5. The van der Waals surface area contributed by atoms with Gasteiger partial charge in [-0.25, -0.2) is 8.78 Å². The predicted molar refractivity (Wildman–Crippen MR) is 54.2 cm³/mol. The molecule has 1 saturated carbocycles. The number of benzene rings is 1. The van der Waals surface area contributed by atoms with E-state index in [0.29, 0.717) is 12.8 Å². The highest BCUT2D eigenvalue weighted by Gasteiger charge is 2.23. The van der Waals surface area contributed by atoms with Gasteiger partial charge in [0.05, 0.1) is 0 Å². The molecule has 2 rings (SSSR count). The number of ether oxygens (including phenoxy) is 1. The SMILES string of the molecule is O=C1CCCCC1Oc1ccc(F)c(F)c1. The first-order valence-corrected chi connectivity index (χ1v) is 5.31. The fourth-order valence-corrected chi connectivity index (χ4v) is 1.79. The molecule has 1 fully saturated rings. The highest BCUT2D eigenvalue weighted by Crippen LogP contribution is 2.22. The van der Waals surface area contributed by atoms with Gasteiger partial charge in [-0.3, -0.25) is 4.79 Å². The van der Waals surface area contributed by atoms with Crippen molar-refractivity contribution >= 4 is 5.78 Å². The minimum atomic E-state index is -0.958. The Hall–Kier alpha value is -1.45. The van der Waals surface area contributed by atoms with E-state index in [4.69, 9.17) is 4.74 Å². The van der Waals surface area contributed by atoms with Gasteiger partial charge in [-0.05, 0) is 31.4 Å². The summed E-state index contributed by atoms with van der Waals surface area (Å²) in [7, 11) is 0. The van der Waals surface area contributed by atoms with Crippen LogP contribution < -0.4 is 4.74 Å². The van der Waals surface area contributed by atoms with Crippen LogP contribution in [0.1, 0.15) is 25.7 Å². The molecule has 0 amide bonds. The number of Topliss-reactive ketones (excluding diaryl/α,β-unsaturated/α-hetero) is 1. The molecule has 1 aromatic carbocycles. The van der Waals surface area contributed by atoms with Gasteiger partial charge in [-0.2, -0.15) is 0 Å². The zero-order valence-electron chi connectivity index (χ0n) is 8.71. The maximum absolute atomic E-state index is 12.9. The summed E-state index contributed by atoms with van der Waals surface area (Å²) in [6.45, 7) is 0. The average Bonchev–Trinajstić information content (AvgIpc) is 2.27. The van der Waals surface area contributed by atoms with Crippen LogP contribution in [0, 0.1) is 11.6 Å². The average molecular weight is 226 g/mol. The molecular weight excluding hydrogens is 214 g/mol. The maximum Gasteiger partial charge on any atom is 0.173 e. The second kappa shape index (κ2) is 4.60. The summed E-state index contributed by atoms with van der Waals surface area (Å²) in [5, 5.41) is 0. The molecular formula is C12H12F2O2. The summed E-state index contributed by atoms with van der Waals surface area (Å²) < 4.78 is 30.9. The van der Waals surface area contributed by atoms with E-state index < -0.39 is 17.7 Å². The molecule has 0 N–H and O–H groups in total. The van der Waals surface area contributed by atoms with E-state index in [0.717, 1.165) is 25.0 Å². The van der Waals surface area contributed by atoms with Gasteiger partial charge < -0.3 is 4.74 Å². The van der Waals surface area contributed by atoms with E-state index in [1.54, 1.807) is 0 Å². The monoisotopic (exact) mass is 226 g/mol. The second-order valence-electron chi connectivity index (χ2n) is 3.89. The number of carbonyl (C=O) groups excluding carboxylic acids is 1. The lowest BCUT2D eigenvalue weighted by atomic mass is 9.96. The van der Waals surface area contributed by atoms with Crippen LogP contribution in [0.15, 0.2) is 18.2 Å². The Morgan fingerprint density at radius 3 is 2.69 bits per heavy atom. The number of hydrogen-bond acceptors (Lipinski definition) is 2. The molecule has 0 aliphatic heterocycles. The van der Waals surface area contributed by atoms with Crippen LogP contribution in [-0.2, 0) is 4.79 Å². The van der Waals surface area contributed by atoms with Crippen molar-refractivity contribution in [1.29, 1.82) is 0 Å². The van der Waals surface area contributed by atoms with E-state index in [1.807, 2.05) is 0 Å². The topological polar surface area (TPSA) is 26.3 Å². The number of hydrogen-bond donors (Lipinski definition) is 0. The Kier molecular flexibility index (Phi) is 3.17. The van der Waals surface area contributed by atoms with Crippen molar-refractivity contribution in [3.63, 3.8) is 0 Å². The fraction of sp³-hybridized carbons (Fsp3) is 0.417. The number of carbonyl (C=O) groups is 1. The minimum absolute atomic E-state index is 0.0379. The first-order valence-electron chi connectivity index (χ1n) is 5.31. The quantitative estimate of drug-likeness (QED) is 0.775. The van der Waals surface area contributed by atoms with Gasteiger partial charge in [0.1, 0.15) is 5.75 Å². The Bertz CT molecular complexity index is 404. The first-order chi connectivity index (χ1) is 7.66. The molecule has 16 heavy (non-hydrogen) atoms. The van der Waals surface area contributed by atoms with Gasteiger partial charge in [0.2, 0.25) is 0 Å². The molecule has 1 unspecified atom stereocenters. The van der Waals surface area contributed by atoms with Crippen molar-refractivity contribution in [3.8, 4) is 5.75 Å². The van der Waals surface area contributed by atoms with Gasteiger partial charge in [0, 0.05) is 12.5 Å². The zero-order valence-corrected chi connectivity index (χ0v) is 8.71. The van der Waals surface area contributed by atoms with Crippen LogP contribution in [0.4, 0.5) is 8.78 Å². The molecule has 0 radical (unpaired) electrons. The van der Waals surface area contributed by atoms with Gasteiger partial charge in [0.15, 0.2) is 23.5 Å². The third-order valence-corrected chi connectivity index (χ3v) is 2.67. The molecule has 0 saturated heterocycles. The number of halogens is 2. The molecule has 1 aromatic rings. The summed E-state index contributed by atoms with van der Waals surface area (Å²) in [4.78, 5) is 11.5. The van der Waals surface area contributed by atoms with Crippen LogP contribution in [-0.4, -0.2) is 11.9 Å². The largest absolute Gasteiger partial charge is 0.483 e. The van der Waals surface area contributed by atoms with Crippen molar-refractivity contribution in [1.82, 2.24) is 0 Å². The molecule has 0 spiro atoms. The second-order valence-corrected chi connectivity index (χ2v) is 3.89. The predicted octanol–water partition coefficient (Wildman–Crippen LogP) is 2.86. The van der Waals surface area contributed by atoms with Crippen LogP contribution in [0.5, 0.6) is 5.75 Å². The lowest BCUT2D eigenvalue weighted by Crippen LogP contribution is -2.30. The van der Waals surface area contributed by atoms with Gasteiger partial charge in [-0.1, -0.05) is 0 Å². The summed E-state index contributed by atoms with van der Waals surface area (Å²) in [6.07, 6.45) is 2.47. The third-order valence-electron chi connectivity index (χ3n) is 2.67. The standard InChI is InChI=1S/C12H12F2O2/c13-9-6-5-8(7-10(9)14)16-12-4-2-1-3-11(12)15/h5-7,12H,1-4H2. The number of rotatable bonds is 2. The maximum atomic E-state index is 12.9. The van der Waals surface area contributed by atoms with Crippen molar-refractivity contribution in [3.05, 3.63) is 29.8 Å². The molecule has 1 aliphatic carbocycles. The normalized spacial score (nSPS) is 20.9. The Morgan fingerprint density at radius 2 is 2.00 bits per heavy atom. The van der Waals surface area contributed by atoms with Gasteiger partial charge >= 0.3 is 0 Å². The molecule has 0 heterocycles. The fourth-order valence-electron chi connectivity index (χ4n) is 1.79. The van der Waals surface area contributed by atoms with Crippen molar-refractivity contribution in [2.24, 2.45) is 0 Å². The van der Waals surface area contributed by atoms with E-state index in [2.05, 4.69) is 0 Å². The van der Waals surface area contributed by atoms with Crippen molar-refractivity contribution in [2.45, 2.75) is 31.8 Å². The Labute approximate surface area is 92.2 Å². The van der Waals surface area contributed by atoms with E-state index in [1.165, 1.54) is 6.07 Å². The molecule has 2 nitrogen and oxygen atoms in total. The smallest absolute Gasteiger partial charge is 0.173 e. The molecule has 0 bridgehead atoms. The molecule has 0 aromatic heterocycles. The molecule has 1 atom stereocenters. The van der Waals surface area contributed by atoms with Crippen LogP contribution in [0.25, 0.3) is 0 Å².